The Bertz CT molecular complexity index is 902. The standard InChI is InChI=1S/C15H11Cl2N3O2S2/c1-22-14(21)20-19-9-3-5-12(10(17)7-9)23-15-18-11-6-8(16)2-4-13(11)24-15/h2-7,19H,1H3,(H,20,21). The Morgan fingerprint density at radius 2 is 2.08 bits per heavy atom. The van der Waals surface area contributed by atoms with Crippen LogP contribution in [0.4, 0.5) is 10.5 Å². The zero-order chi connectivity index (χ0) is 17.1. The van der Waals surface area contributed by atoms with E-state index in [-0.39, 0.29) is 0 Å². The van der Waals surface area contributed by atoms with Crippen LogP contribution in [-0.4, -0.2) is 18.2 Å². The summed E-state index contributed by atoms with van der Waals surface area (Å²) in [5, 5.41) is 1.21. The molecule has 3 rings (SSSR count). The highest BCUT2D eigenvalue weighted by molar-refractivity contribution is 8.01. The number of carbonyl (C=O) groups excluding carboxylic acids is 1. The second-order valence-electron chi connectivity index (χ2n) is 4.58. The zero-order valence-electron chi connectivity index (χ0n) is 12.3. The second-order valence-corrected chi connectivity index (χ2v) is 7.74. The Labute approximate surface area is 156 Å². The lowest BCUT2D eigenvalue weighted by Crippen LogP contribution is -2.28. The Morgan fingerprint density at radius 1 is 1.25 bits per heavy atom. The van der Waals surface area contributed by atoms with Crippen molar-refractivity contribution in [2.75, 3.05) is 12.5 Å². The van der Waals surface area contributed by atoms with Crippen LogP contribution in [0.1, 0.15) is 0 Å². The van der Waals surface area contributed by atoms with Gasteiger partial charge < -0.3 is 4.74 Å². The fraction of sp³-hybridized carbons (Fsp3) is 0.0667. The van der Waals surface area contributed by atoms with Gasteiger partial charge in [0, 0.05) is 9.92 Å². The van der Waals surface area contributed by atoms with Gasteiger partial charge in [-0.3, -0.25) is 5.43 Å². The highest BCUT2D eigenvalue weighted by Gasteiger charge is 2.10. The number of rotatable bonds is 4. The summed E-state index contributed by atoms with van der Waals surface area (Å²) in [6, 6.07) is 11.0. The normalized spacial score (nSPS) is 10.6. The number of carbonyl (C=O) groups is 1. The summed E-state index contributed by atoms with van der Waals surface area (Å²) in [7, 11) is 1.29. The van der Waals surface area contributed by atoms with Crippen LogP contribution < -0.4 is 10.9 Å². The predicted molar refractivity (Wildman–Crippen MR) is 99.4 cm³/mol. The number of nitrogens with zero attached hydrogens (tertiary/aromatic N) is 1. The molecule has 24 heavy (non-hydrogen) atoms. The average molecular weight is 400 g/mol. The van der Waals surface area contributed by atoms with Gasteiger partial charge in [-0.15, -0.1) is 11.3 Å². The lowest BCUT2D eigenvalue weighted by atomic mass is 10.3. The van der Waals surface area contributed by atoms with Crippen LogP contribution in [0.15, 0.2) is 45.6 Å². The molecule has 0 spiro atoms. The van der Waals surface area contributed by atoms with Gasteiger partial charge in [0.15, 0.2) is 4.34 Å². The Kier molecular flexibility index (Phi) is 5.35. The fourth-order valence-electron chi connectivity index (χ4n) is 1.85. The summed E-state index contributed by atoms with van der Waals surface area (Å²) in [6.45, 7) is 0. The van der Waals surface area contributed by atoms with E-state index < -0.39 is 6.09 Å². The van der Waals surface area contributed by atoms with Gasteiger partial charge in [-0.05, 0) is 36.4 Å². The molecule has 0 fully saturated rings. The number of methoxy groups -OCH3 is 1. The van der Waals surface area contributed by atoms with Crippen molar-refractivity contribution in [3.8, 4) is 0 Å². The number of nitrogens with one attached hydrogen (secondary N) is 2. The lowest BCUT2D eigenvalue weighted by molar-refractivity contribution is 0.173. The number of anilines is 1. The molecule has 2 aromatic carbocycles. The van der Waals surface area contributed by atoms with E-state index in [1.807, 2.05) is 24.3 Å². The number of amides is 1. The van der Waals surface area contributed by atoms with Crippen LogP contribution in [-0.2, 0) is 4.74 Å². The zero-order valence-corrected chi connectivity index (χ0v) is 15.4. The number of hydrogen-bond donors (Lipinski definition) is 2. The average Bonchev–Trinajstić information content (AvgIpc) is 2.96. The second kappa shape index (κ2) is 7.48. The van der Waals surface area contributed by atoms with Crippen molar-refractivity contribution >= 4 is 68.3 Å². The molecular formula is C15H11Cl2N3O2S2. The Hall–Kier alpha value is -1.67. The molecule has 0 saturated carbocycles. The third kappa shape index (κ3) is 4.05. The summed E-state index contributed by atoms with van der Waals surface area (Å²) >= 11 is 15.3. The predicted octanol–water partition coefficient (Wildman–Crippen LogP) is 5.44. The van der Waals surface area contributed by atoms with Crippen LogP contribution >= 0.6 is 46.3 Å². The fourth-order valence-corrected chi connectivity index (χ4v) is 4.32. The van der Waals surface area contributed by atoms with Gasteiger partial charge >= 0.3 is 6.09 Å². The molecule has 5 nitrogen and oxygen atoms in total. The van der Waals surface area contributed by atoms with E-state index >= 15 is 0 Å². The third-order valence-electron chi connectivity index (χ3n) is 2.95. The molecule has 0 saturated heterocycles. The highest BCUT2D eigenvalue weighted by Crippen LogP contribution is 2.38. The van der Waals surface area contributed by atoms with E-state index in [1.54, 1.807) is 23.5 Å². The van der Waals surface area contributed by atoms with Crippen LogP contribution in [0.2, 0.25) is 10.0 Å². The minimum absolute atomic E-state index is 0.550. The molecule has 1 aromatic heterocycles. The van der Waals surface area contributed by atoms with Crippen LogP contribution in [0.5, 0.6) is 0 Å². The van der Waals surface area contributed by atoms with Crippen molar-refractivity contribution in [1.29, 1.82) is 0 Å². The van der Waals surface area contributed by atoms with Crippen molar-refractivity contribution in [2.24, 2.45) is 0 Å². The van der Waals surface area contributed by atoms with E-state index in [2.05, 4.69) is 20.6 Å². The molecule has 0 unspecified atom stereocenters. The number of benzene rings is 2. The van der Waals surface area contributed by atoms with Crippen molar-refractivity contribution in [3.05, 3.63) is 46.4 Å². The topological polar surface area (TPSA) is 63.2 Å². The maximum absolute atomic E-state index is 11.0. The molecule has 9 heteroatoms. The van der Waals surface area contributed by atoms with Gasteiger partial charge in [0.25, 0.3) is 0 Å². The molecule has 0 bridgehead atoms. The van der Waals surface area contributed by atoms with E-state index in [9.17, 15) is 4.79 Å². The molecule has 0 aliphatic heterocycles. The summed E-state index contributed by atoms with van der Waals surface area (Å²) < 4.78 is 6.42. The van der Waals surface area contributed by atoms with E-state index in [0.29, 0.717) is 15.7 Å². The van der Waals surface area contributed by atoms with Gasteiger partial charge in [0.1, 0.15) is 0 Å². The number of halogens is 2. The smallest absolute Gasteiger partial charge is 0.425 e. The SMILES string of the molecule is COC(=O)NNc1ccc(Sc2nc3cc(Cl)ccc3s2)c(Cl)c1. The molecular weight excluding hydrogens is 389 g/mol. The van der Waals surface area contributed by atoms with Crippen molar-refractivity contribution in [1.82, 2.24) is 10.4 Å². The van der Waals surface area contributed by atoms with Crippen LogP contribution in [0.3, 0.4) is 0 Å². The third-order valence-corrected chi connectivity index (χ3v) is 5.79. The summed E-state index contributed by atoms with van der Waals surface area (Å²) in [5.74, 6) is 0. The minimum Gasteiger partial charge on any atom is -0.452 e. The number of aromatic nitrogens is 1. The Morgan fingerprint density at radius 3 is 2.83 bits per heavy atom. The molecule has 124 valence electrons. The quantitative estimate of drug-likeness (QED) is 0.572. The van der Waals surface area contributed by atoms with Gasteiger partial charge in [0.2, 0.25) is 0 Å². The molecule has 0 aliphatic carbocycles. The first-order valence-electron chi connectivity index (χ1n) is 6.68. The highest BCUT2D eigenvalue weighted by atomic mass is 35.5. The summed E-state index contributed by atoms with van der Waals surface area (Å²) in [4.78, 5) is 16.5. The van der Waals surface area contributed by atoms with Crippen molar-refractivity contribution in [2.45, 2.75) is 9.24 Å². The van der Waals surface area contributed by atoms with Gasteiger partial charge in [-0.1, -0.05) is 35.0 Å². The first-order valence-corrected chi connectivity index (χ1v) is 9.07. The van der Waals surface area contributed by atoms with E-state index in [1.165, 1.54) is 18.9 Å². The van der Waals surface area contributed by atoms with Crippen molar-refractivity contribution < 1.29 is 9.53 Å². The summed E-state index contributed by atoms with van der Waals surface area (Å²) in [5.41, 5.74) is 6.59. The molecule has 3 aromatic rings. The first-order chi connectivity index (χ1) is 11.5. The van der Waals surface area contributed by atoms with Crippen LogP contribution in [0.25, 0.3) is 10.2 Å². The largest absolute Gasteiger partial charge is 0.452 e. The number of hydrogen-bond acceptors (Lipinski definition) is 6. The van der Waals surface area contributed by atoms with E-state index in [0.717, 1.165) is 19.5 Å². The maximum Gasteiger partial charge on any atom is 0.425 e. The molecule has 0 aliphatic rings. The Balaban J connectivity index is 1.75. The summed E-state index contributed by atoms with van der Waals surface area (Å²) in [6.07, 6.45) is -0.585. The number of fused-ring (bicyclic) bond motifs is 1. The first kappa shape index (κ1) is 17.2. The van der Waals surface area contributed by atoms with Crippen molar-refractivity contribution in [3.63, 3.8) is 0 Å². The number of thiazole rings is 1. The monoisotopic (exact) mass is 399 g/mol. The molecule has 1 heterocycles. The van der Waals surface area contributed by atoms with Gasteiger partial charge in [-0.25, -0.2) is 15.2 Å². The minimum atomic E-state index is -0.585. The molecule has 2 N–H and O–H groups in total. The lowest BCUT2D eigenvalue weighted by Gasteiger charge is -2.09. The number of ether oxygens (including phenoxy) is 1. The van der Waals surface area contributed by atoms with E-state index in [4.69, 9.17) is 23.2 Å². The van der Waals surface area contributed by atoms with Gasteiger partial charge in [0.05, 0.1) is 28.0 Å². The number of hydrazine groups is 1. The van der Waals surface area contributed by atoms with Crippen LogP contribution in [0, 0.1) is 0 Å². The maximum atomic E-state index is 11.0. The molecule has 0 radical (unpaired) electrons. The molecule has 0 atom stereocenters. The molecule has 1 amide bonds. The van der Waals surface area contributed by atoms with Gasteiger partial charge in [-0.2, -0.15) is 0 Å².